The molecule has 1 aliphatic carbocycles. The summed E-state index contributed by atoms with van der Waals surface area (Å²) in [6, 6.07) is 8.02. The second-order valence-electron chi connectivity index (χ2n) is 7.61. The first kappa shape index (κ1) is 21.3. The van der Waals surface area contributed by atoms with E-state index in [0.717, 1.165) is 40.9 Å². The van der Waals surface area contributed by atoms with Crippen molar-refractivity contribution in [2.45, 2.75) is 63.8 Å². The lowest BCUT2D eigenvalue weighted by Crippen LogP contribution is -2.48. The number of aromatic nitrogens is 1. The molecule has 154 valence electrons. The van der Waals surface area contributed by atoms with E-state index < -0.39 is 5.54 Å². The van der Waals surface area contributed by atoms with Crippen LogP contribution in [0.5, 0.6) is 0 Å². The number of esters is 1. The minimum Gasteiger partial charge on any atom is -0.455 e. The van der Waals surface area contributed by atoms with Gasteiger partial charge in [-0.3, -0.25) is 9.59 Å². The number of carbonyl (C=O) groups is 2. The number of benzene rings is 1. The van der Waals surface area contributed by atoms with E-state index in [2.05, 4.69) is 17.3 Å². The van der Waals surface area contributed by atoms with E-state index in [0.29, 0.717) is 12.8 Å². The van der Waals surface area contributed by atoms with Crippen molar-refractivity contribution in [3.8, 4) is 12.3 Å². The monoisotopic (exact) mass is 412 g/mol. The third-order valence-electron chi connectivity index (χ3n) is 5.90. The summed E-state index contributed by atoms with van der Waals surface area (Å²) in [5.41, 5.74) is 0.284. The van der Waals surface area contributed by atoms with Crippen LogP contribution in [0.1, 0.15) is 63.3 Å². The zero-order valence-corrected chi connectivity index (χ0v) is 17.9. The molecule has 0 saturated heterocycles. The number of amides is 1. The summed E-state index contributed by atoms with van der Waals surface area (Å²) < 4.78 is 6.53. The highest BCUT2D eigenvalue weighted by molar-refractivity contribution is 7.18. The molecule has 1 aromatic heterocycles. The molecule has 2 atom stereocenters. The minimum atomic E-state index is -0.683. The van der Waals surface area contributed by atoms with Gasteiger partial charge in [0.25, 0.3) is 5.91 Å². The van der Waals surface area contributed by atoms with Gasteiger partial charge in [0.15, 0.2) is 6.61 Å². The second-order valence-corrected chi connectivity index (χ2v) is 8.67. The average Bonchev–Trinajstić information content (AvgIpc) is 3.20. The van der Waals surface area contributed by atoms with Gasteiger partial charge in [-0.05, 0) is 37.8 Å². The van der Waals surface area contributed by atoms with Gasteiger partial charge in [0.2, 0.25) is 0 Å². The van der Waals surface area contributed by atoms with E-state index in [1.807, 2.05) is 32.0 Å². The van der Waals surface area contributed by atoms with Gasteiger partial charge in [-0.1, -0.05) is 44.7 Å². The molecule has 5 nitrogen and oxygen atoms in total. The van der Waals surface area contributed by atoms with Gasteiger partial charge in [0, 0.05) is 5.92 Å². The lowest BCUT2D eigenvalue weighted by atomic mass is 9.79. The SMILES string of the molecule is C#CC(CC)(CC)NC(=O)COC(=O)C1CCCCC1c1nc2ccccc2s1. The van der Waals surface area contributed by atoms with Crippen molar-refractivity contribution in [1.29, 1.82) is 0 Å². The quantitative estimate of drug-likeness (QED) is 0.540. The molecular formula is C23H28N2O3S. The molecule has 3 rings (SSSR count). The Morgan fingerprint density at radius 1 is 1.28 bits per heavy atom. The van der Waals surface area contributed by atoms with Crippen LogP contribution in [0.2, 0.25) is 0 Å². The predicted octanol–water partition coefficient (Wildman–Crippen LogP) is 4.42. The van der Waals surface area contributed by atoms with Crippen molar-refractivity contribution in [1.82, 2.24) is 10.3 Å². The van der Waals surface area contributed by atoms with Crippen molar-refractivity contribution in [2.75, 3.05) is 6.61 Å². The molecule has 1 fully saturated rings. The fourth-order valence-corrected chi connectivity index (χ4v) is 5.14. The number of terminal acetylenes is 1. The van der Waals surface area contributed by atoms with Crippen LogP contribution in [0.3, 0.4) is 0 Å². The van der Waals surface area contributed by atoms with Gasteiger partial charge >= 0.3 is 5.97 Å². The maximum atomic E-state index is 12.8. The number of hydrogen-bond acceptors (Lipinski definition) is 5. The summed E-state index contributed by atoms with van der Waals surface area (Å²) in [5.74, 6) is 1.78. The number of rotatable bonds is 7. The smallest absolute Gasteiger partial charge is 0.310 e. The van der Waals surface area contributed by atoms with E-state index >= 15 is 0 Å². The molecule has 1 N–H and O–H groups in total. The van der Waals surface area contributed by atoms with Crippen molar-refractivity contribution in [2.24, 2.45) is 5.92 Å². The molecule has 0 spiro atoms. The van der Waals surface area contributed by atoms with Gasteiger partial charge in [0.1, 0.15) is 5.54 Å². The number of nitrogens with zero attached hydrogens (tertiary/aromatic N) is 1. The Labute approximate surface area is 176 Å². The van der Waals surface area contributed by atoms with Crippen LogP contribution in [0.4, 0.5) is 0 Å². The Kier molecular flexibility index (Phi) is 6.92. The topological polar surface area (TPSA) is 68.3 Å². The highest BCUT2D eigenvalue weighted by atomic mass is 32.1. The van der Waals surface area contributed by atoms with Crippen molar-refractivity contribution >= 4 is 33.4 Å². The summed E-state index contributed by atoms with van der Waals surface area (Å²) >= 11 is 1.65. The zero-order valence-electron chi connectivity index (χ0n) is 17.1. The van der Waals surface area contributed by atoms with Crippen LogP contribution in [0.15, 0.2) is 24.3 Å². The van der Waals surface area contributed by atoms with Crippen LogP contribution in [-0.2, 0) is 14.3 Å². The average molecular weight is 413 g/mol. The molecule has 0 radical (unpaired) electrons. The lowest BCUT2D eigenvalue weighted by molar-refractivity contribution is -0.154. The number of nitrogens with one attached hydrogen (secondary N) is 1. The molecule has 29 heavy (non-hydrogen) atoms. The zero-order chi connectivity index (χ0) is 20.9. The van der Waals surface area contributed by atoms with E-state index in [-0.39, 0.29) is 30.3 Å². The number of fused-ring (bicyclic) bond motifs is 1. The number of carbonyl (C=O) groups excluding carboxylic acids is 2. The molecule has 0 bridgehead atoms. The molecule has 1 aliphatic rings. The molecule has 0 aliphatic heterocycles. The summed E-state index contributed by atoms with van der Waals surface area (Å²) in [7, 11) is 0. The van der Waals surface area contributed by atoms with Gasteiger partial charge in [-0.15, -0.1) is 17.8 Å². The van der Waals surface area contributed by atoms with Crippen LogP contribution < -0.4 is 5.32 Å². The maximum absolute atomic E-state index is 12.8. The lowest BCUT2D eigenvalue weighted by Gasteiger charge is -2.29. The van der Waals surface area contributed by atoms with Gasteiger partial charge in [-0.25, -0.2) is 4.98 Å². The summed E-state index contributed by atoms with van der Waals surface area (Å²) in [6.07, 6.45) is 10.6. The highest BCUT2D eigenvalue weighted by Crippen LogP contribution is 2.41. The van der Waals surface area contributed by atoms with Gasteiger partial charge in [0.05, 0.1) is 21.1 Å². The first-order chi connectivity index (χ1) is 14.0. The summed E-state index contributed by atoms with van der Waals surface area (Å²) in [4.78, 5) is 29.9. The Hall–Kier alpha value is -2.39. The Bertz CT molecular complexity index is 877. The largest absolute Gasteiger partial charge is 0.455 e. The third-order valence-corrected chi connectivity index (χ3v) is 7.07. The fraction of sp³-hybridized carbons (Fsp3) is 0.522. The number of thiazole rings is 1. The Morgan fingerprint density at radius 3 is 2.69 bits per heavy atom. The minimum absolute atomic E-state index is 0.0489. The molecule has 1 saturated carbocycles. The third kappa shape index (κ3) is 4.79. The molecule has 1 aromatic carbocycles. The summed E-state index contributed by atoms with van der Waals surface area (Å²) in [5, 5.41) is 3.82. The fourth-order valence-electron chi connectivity index (χ4n) is 3.97. The van der Waals surface area contributed by atoms with E-state index in [9.17, 15) is 9.59 Å². The van der Waals surface area contributed by atoms with Crippen molar-refractivity contribution in [3.05, 3.63) is 29.3 Å². The van der Waals surface area contributed by atoms with Crippen molar-refractivity contribution < 1.29 is 14.3 Å². The molecule has 1 amide bonds. The van der Waals surface area contributed by atoms with Crippen molar-refractivity contribution in [3.63, 3.8) is 0 Å². The highest BCUT2D eigenvalue weighted by Gasteiger charge is 2.35. The van der Waals surface area contributed by atoms with Gasteiger partial charge < -0.3 is 10.1 Å². The normalized spacial score (nSPS) is 19.5. The maximum Gasteiger partial charge on any atom is 0.310 e. The van der Waals surface area contributed by atoms with Crippen LogP contribution >= 0.6 is 11.3 Å². The van der Waals surface area contributed by atoms with Crippen LogP contribution in [-0.4, -0.2) is 29.0 Å². The van der Waals surface area contributed by atoms with E-state index in [1.165, 1.54) is 0 Å². The molecule has 1 heterocycles. The number of para-hydroxylation sites is 1. The number of hydrogen-bond donors (Lipinski definition) is 1. The molecule has 6 heteroatoms. The predicted molar refractivity (Wildman–Crippen MR) is 116 cm³/mol. The Balaban J connectivity index is 1.65. The second kappa shape index (κ2) is 9.41. The van der Waals surface area contributed by atoms with Gasteiger partial charge in [-0.2, -0.15) is 0 Å². The standard InChI is InChI=1S/C23H28N2O3S/c1-4-23(5-2,6-3)25-20(26)15-28-22(27)17-12-8-7-11-16(17)21-24-18-13-9-10-14-19(18)29-21/h1,9-10,13-14,16-17H,5-8,11-12,15H2,2-3H3,(H,25,26). The first-order valence-electron chi connectivity index (χ1n) is 10.3. The molecule has 2 aromatic rings. The first-order valence-corrected chi connectivity index (χ1v) is 11.1. The Morgan fingerprint density at radius 2 is 2.00 bits per heavy atom. The van der Waals surface area contributed by atoms with Crippen LogP contribution in [0, 0.1) is 18.3 Å². The molecular weight excluding hydrogens is 384 g/mol. The number of ether oxygens (including phenoxy) is 1. The van der Waals surface area contributed by atoms with E-state index in [1.54, 1.807) is 11.3 Å². The van der Waals surface area contributed by atoms with Crippen LogP contribution in [0.25, 0.3) is 10.2 Å². The summed E-state index contributed by atoms with van der Waals surface area (Å²) in [6.45, 7) is 3.56. The molecule has 2 unspecified atom stereocenters. The van der Waals surface area contributed by atoms with E-state index in [4.69, 9.17) is 16.1 Å².